The molecule has 6 aromatic rings. The highest BCUT2D eigenvalue weighted by Gasteiger charge is 2.54. The molecule has 39 heavy (non-hydrogen) atoms. The largest absolute Gasteiger partial charge is 0.317 e. The first kappa shape index (κ1) is 23.0. The molecule has 0 radical (unpaired) electrons. The van der Waals surface area contributed by atoms with Gasteiger partial charge in [-0.3, -0.25) is 0 Å². The fraction of sp³-hybridized carbons (Fsp3) is 0. The van der Waals surface area contributed by atoms with Gasteiger partial charge in [0.2, 0.25) is 11.6 Å². The molecule has 3 heterocycles. The molecule has 0 saturated heterocycles. The molecule has 1 aliphatic rings. The third-order valence-electron chi connectivity index (χ3n) is 7.50. The summed E-state index contributed by atoms with van der Waals surface area (Å²) in [5, 5.41) is 0. The third kappa shape index (κ3) is 3.63. The molecule has 0 spiro atoms. The van der Waals surface area contributed by atoms with Gasteiger partial charge in [-0.2, -0.15) is 4.48 Å². The summed E-state index contributed by atoms with van der Waals surface area (Å²) in [4.78, 5) is 7.27. The van der Waals surface area contributed by atoms with Gasteiger partial charge in [-0.1, -0.05) is 97.1 Å². The molecule has 7 rings (SSSR count). The first-order valence-electron chi connectivity index (χ1n) is 13.3. The number of nitrogens with one attached hydrogen (secondary N) is 2. The van der Waals surface area contributed by atoms with Gasteiger partial charge in [-0.25, -0.2) is 0 Å². The second-order valence-corrected chi connectivity index (χ2v) is 9.69. The second kappa shape index (κ2) is 9.64. The molecule has 0 bridgehead atoms. The monoisotopic (exact) mass is 502 g/mol. The van der Waals surface area contributed by atoms with E-state index in [1.165, 1.54) is 44.8 Å². The summed E-state index contributed by atoms with van der Waals surface area (Å²) in [6, 6.07) is 51.8. The van der Waals surface area contributed by atoms with Gasteiger partial charge < -0.3 is 9.97 Å². The van der Waals surface area contributed by atoms with E-state index in [0.717, 1.165) is 11.6 Å². The summed E-state index contributed by atoms with van der Waals surface area (Å²) in [5.74, 6) is 2.13. The Labute approximate surface area is 228 Å². The fourth-order valence-electron chi connectivity index (χ4n) is 5.99. The Balaban J connectivity index is 1.76. The van der Waals surface area contributed by atoms with E-state index in [-0.39, 0.29) is 0 Å². The SMILES string of the molecule is c1ccc(C2=C(c3ccccc3)[N+](c3ccc[nH]3)(c3ccc[nH]3)C(c3ccccc3)=C2c2ccccc2)cc1. The fourth-order valence-corrected chi connectivity index (χ4v) is 5.99. The zero-order chi connectivity index (χ0) is 26.1. The van der Waals surface area contributed by atoms with Crippen LogP contribution in [0.1, 0.15) is 22.3 Å². The third-order valence-corrected chi connectivity index (χ3v) is 7.50. The van der Waals surface area contributed by atoms with Crippen LogP contribution in [0, 0.1) is 0 Å². The van der Waals surface area contributed by atoms with Crippen LogP contribution in [0.25, 0.3) is 22.5 Å². The zero-order valence-corrected chi connectivity index (χ0v) is 21.5. The Hall–Kier alpha value is -5.12. The number of nitrogens with zero attached hydrogens (tertiary/aromatic N) is 1. The van der Waals surface area contributed by atoms with Crippen molar-refractivity contribution in [1.29, 1.82) is 0 Å². The lowest BCUT2D eigenvalue weighted by Crippen LogP contribution is -2.39. The lowest BCUT2D eigenvalue weighted by Gasteiger charge is -2.35. The first-order chi connectivity index (χ1) is 19.4. The molecule has 0 amide bonds. The van der Waals surface area contributed by atoms with Crippen LogP contribution in [-0.4, -0.2) is 9.97 Å². The van der Waals surface area contributed by atoms with E-state index in [1.54, 1.807) is 0 Å². The molecule has 4 aromatic carbocycles. The van der Waals surface area contributed by atoms with Gasteiger partial charge in [0.15, 0.2) is 11.4 Å². The molecule has 0 saturated carbocycles. The number of allylic oxidation sites excluding steroid dienone is 2. The van der Waals surface area contributed by atoms with Crippen LogP contribution >= 0.6 is 0 Å². The van der Waals surface area contributed by atoms with Gasteiger partial charge in [-0.05, 0) is 47.5 Å². The van der Waals surface area contributed by atoms with E-state index in [2.05, 4.69) is 156 Å². The molecule has 0 fully saturated rings. The normalized spacial score (nSPS) is 14.7. The van der Waals surface area contributed by atoms with Crippen molar-refractivity contribution in [3.63, 3.8) is 0 Å². The van der Waals surface area contributed by atoms with Crippen molar-refractivity contribution in [3.05, 3.63) is 180 Å². The molecule has 186 valence electrons. The van der Waals surface area contributed by atoms with Crippen molar-refractivity contribution < 1.29 is 0 Å². The van der Waals surface area contributed by atoms with E-state index in [1.807, 2.05) is 12.4 Å². The van der Waals surface area contributed by atoms with E-state index < -0.39 is 0 Å². The minimum absolute atomic E-state index is 0.391. The van der Waals surface area contributed by atoms with E-state index >= 15 is 0 Å². The Morgan fingerprint density at radius 3 is 0.974 bits per heavy atom. The molecular weight excluding hydrogens is 474 g/mol. The number of aromatic nitrogens is 2. The zero-order valence-electron chi connectivity index (χ0n) is 21.5. The van der Waals surface area contributed by atoms with E-state index in [9.17, 15) is 0 Å². The first-order valence-corrected chi connectivity index (χ1v) is 13.3. The quantitative estimate of drug-likeness (QED) is 0.213. The maximum absolute atomic E-state index is 3.64. The van der Waals surface area contributed by atoms with Gasteiger partial charge in [0.25, 0.3) is 0 Å². The maximum Gasteiger partial charge on any atom is 0.222 e. The van der Waals surface area contributed by atoms with Gasteiger partial charge in [0.1, 0.15) is 0 Å². The Morgan fingerprint density at radius 2 is 0.667 bits per heavy atom. The summed E-state index contributed by atoms with van der Waals surface area (Å²) < 4.78 is 0.391. The summed E-state index contributed by atoms with van der Waals surface area (Å²) in [6.45, 7) is 0. The average molecular weight is 503 g/mol. The van der Waals surface area contributed by atoms with Crippen molar-refractivity contribution >= 4 is 34.2 Å². The number of H-pyrrole nitrogens is 2. The van der Waals surface area contributed by atoms with Crippen molar-refractivity contribution in [2.24, 2.45) is 0 Å². The summed E-state index contributed by atoms with van der Waals surface area (Å²) in [7, 11) is 0. The lowest BCUT2D eigenvalue weighted by molar-refractivity contribution is 0.701. The van der Waals surface area contributed by atoms with E-state index in [4.69, 9.17) is 0 Å². The van der Waals surface area contributed by atoms with Crippen LogP contribution in [0.5, 0.6) is 0 Å². The molecule has 3 nitrogen and oxygen atoms in total. The molecule has 0 atom stereocenters. The topological polar surface area (TPSA) is 31.6 Å². The molecule has 2 aromatic heterocycles. The predicted molar refractivity (Wildman–Crippen MR) is 162 cm³/mol. The number of rotatable bonds is 6. The van der Waals surface area contributed by atoms with Gasteiger partial charge in [-0.15, -0.1) is 0 Å². The number of aromatic amines is 2. The number of quaternary nitrogens is 1. The van der Waals surface area contributed by atoms with Crippen LogP contribution in [-0.2, 0) is 0 Å². The molecule has 2 N–H and O–H groups in total. The minimum Gasteiger partial charge on any atom is -0.317 e. The summed E-state index contributed by atoms with van der Waals surface area (Å²) in [5.41, 5.74) is 9.53. The van der Waals surface area contributed by atoms with Crippen molar-refractivity contribution in [2.45, 2.75) is 0 Å². The number of benzene rings is 4. The maximum atomic E-state index is 3.64. The van der Waals surface area contributed by atoms with Crippen molar-refractivity contribution in [2.75, 3.05) is 0 Å². The molecular formula is C36H28N3+. The minimum atomic E-state index is 0.391. The van der Waals surface area contributed by atoms with Crippen LogP contribution < -0.4 is 4.48 Å². The summed E-state index contributed by atoms with van der Waals surface area (Å²) >= 11 is 0. The highest BCUT2D eigenvalue weighted by molar-refractivity contribution is 6.31. The van der Waals surface area contributed by atoms with Crippen LogP contribution in [0.4, 0.5) is 11.6 Å². The standard InChI is InChI=1S/C36H28N3/c1-5-15-27(16-6-1)33-34(28-17-7-2-8-18-28)36(30-21-11-4-12-22-30)39(31-23-13-25-37-31,32-24-14-26-38-32)35(33)29-19-9-3-10-20-29/h1-26,37-38H/q+1. The number of hydrogen-bond acceptors (Lipinski definition) is 0. The second-order valence-electron chi connectivity index (χ2n) is 9.69. The highest BCUT2D eigenvalue weighted by atomic mass is 15.5. The molecule has 3 heteroatoms. The number of hydrogen-bond donors (Lipinski definition) is 2. The van der Waals surface area contributed by atoms with Crippen LogP contribution in [0.15, 0.2) is 158 Å². The molecule has 0 unspecified atom stereocenters. The van der Waals surface area contributed by atoms with Crippen molar-refractivity contribution in [1.82, 2.24) is 14.5 Å². The lowest BCUT2D eigenvalue weighted by atomic mass is 9.89. The van der Waals surface area contributed by atoms with E-state index in [0.29, 0.717) is 4.48 Å². The average Bonchev–Trinajstić information content (AvgIpc) is 3.79. The predicted octanol–water partition coefficient (Wildman–Crippen LogP) is 9.13. The molecule has 0 aliphatic carbocycles. The Kier molecular flexibility index (Phi) is 5.69. The van der Waals surface area contributed by atoms with Gasteiger partial charge >= 0.3 is 0 Å². The van der Waals surface area contributed by atoms with Crippen LogP contribution in [0.3, 0.4) is 0 Å². The Morgan fingerprint density at radius 1 is 0.333 bits per heavy atom. The summed E-state index contributed by atoms with van der Waals surface area (Å²) in [6.07, 6.45) is 4.04. The van der Waals surface area contributed by atoms with Crippen LogP contribution in [0.2, 0.25) is 0 Å². The van der Waals surface area contributed by atoms with Gasteiger partial charge in [0, 0.05) is 35.7 Å². The highest BCUT2D eigenvalue weighted by Crippen LogP contribution is 2.61. The molecule has 1 aliphatic heterocycles. The Bertz CT molecular complexity index is 1610. The van der Waals surface area contributed by atoms with Gasteiger partial charge in [0.05, 0.1) is 11.1 Å². The van der Waals surface area contributed by atoms with Crippen molar-refractivity contribution in [3.8, 4) is 0 Å². The smallest absolute Gasteiger partial charge is 0.222 e.